The van der Waals surface area contributed by atoms with Crippen LogP contribution in [0.1, 0.15) is 23.2 Å². The lowest BCUT2D eigenvalue weighted by atomic mass is 10.0. The van der Waals surface area contributed by atoms with E-state index in [2.05, 4.69) is 4.98 Å². The van der Waals surface area contributed by atoms with Crippen molar-refractivity contribution in [3.05, 3.63) is 48.3 Å². The fourth-order valence-electron chi connectivity index (χ4n) is 1.99. The predicted octanol–water partition coefficient (Wildman–Crippen LogP) is 3.05. The van der Waals surface area contributed by atoms with Crippen molar-refractivity contribution in [3.63, 3.8) is 0 Å². The molecule has 0 radical (unpaired) electrons. The summed E-state index contributed by atoms with van der Waals surface area (Å²) < 4.78 is 0. The van der Waals surface area contributed by atoms with Gasteiger partial charge in [0, 0.05) is 23.2 Å². The Balaban J connectivity index is 1.88. The van der Waals surface area contributed by atoms with Gasteiger partial charge in [0.05, 0.1) is 6.20 Å². The number of ketones is 1. The van der Waals surface area contributed by atoms with Gasteiger partial charge in [0.15, 0.2) is 5.78 Å². The number of hydrogen-bond donors (Lipinski definition) is 1. The average Bonchev–Trinajstić information content (AvgIpc) is 3.22. The van der Waals surface area contributed by atoms with Crippen molar-refractivity contribution in [2.75, 3.05) is 0 Å². The number of benzene rings is 1. The highest BCUT2D eigenvalue weighted by molar-refractivity contribution is 5.99. The minimum Gasteiger partial charge on any atom is -0.506 e. The lowest BCUT2D eigenvalue weighted by molar-refractivity contribution is 0.0967. The fourth-order valence-corrected chi connectivity index (χ4v) is 1.99. The molecule has 18 heavy (non-hydrogen) atoms. The molecule has 3 rings (SSSR count). The summed E-state index contributed by atoms with van der Waals surface area (Å²) in [5, 5.41) is 9.38. The normalized spacial score (nSPS) is 14.4. The Morgan fingerprint density at radius 1 is 1.11 bits per heavy atom. The average molecular weight is 239 g/mol. The first-order chi connectivity index (χ1) is 8.74. The van der Waals surface area contributed by atoms with E-state index in [4.69, 9.17) is 0 Å². The molecule has 1 aliphatic carbocycles. The van der Waals surface area contributed by atoms with Gasteiger partial charge in [-0.3, -0.25) is 9.78 Å². The molecule has 1 aromatic heterocycles. The molecular formula is C15H13NO2. The maximum atomic E-state index is 11.9. The number of aromatic hydroxyl groups is 1. The molecule has 1 heterocycles. The van der Waals surface area contributed by atoms with Crippen LogP contribution >= 0.6 is 0 Å². The van der Waals surface area contributed by atoms with Gasteiger partial charge in [-0.25, -0.2) is 0 Å². The van der Waals surface area contributed by atoms with E-state index >= 15 is 0 Å². The number of hydrogen-bond acceptors (Lipinski definition) is 3. The van der Waals surface area contributed by atoms with Crippen LogP contribution in [-0.4, -0.2) is 15.9 Å². The summed E-state index contributed by atoms with van der Waals surface area (Å²) in [6.07, 6.45) is 5.14. The molecule has 1 saturated carbocycles. The van der Waals surface area contributed by atoms with E-state index in [1.165, 1.54) is 6.20 Å². The third-order valence-corrected chi connectivity index (χ3v) is 3.17. The van der Waals surface area contributed by atoms with Crippen molar-refractivity contribution < 1.29 is 9.90 Å². The molecule has 0 amide bonds. The number of nitrogens with zero attached hydrogens (tertiary/aromatic N) is 1. The number of rotatable bonds is 3. The van der Waals surface area contributed by atoms with Crippen LogP contribution in [0.25, 0.3) is 11.1 Å². The smallest absolute Gasteiger partial charge is 0.165 e. The Bertz CT molecular complexity index is 586. The van der Waals surface area contributed by atoms with Gasteiger partial charge in [-0.1, -0.05) is 24.3 Å². The monoisotopic (exact) mass is 239 g/mol. The van der Waals surface area contributed by atoms with Gasteiger partial charge in [0.1, 0.15) is 5.75 Å². The molecule has 1 N–H and O–H groups in total. The van der Waals surface area contributed by atoms with E-state index in [0.29, 0.717) is 0 Å². The van der Waals surface area contributed by atoms with E-state index < -0.39 is 0 Å². The SMILES string of the molecule is O=C(c1ccc(-c2cncc(O)c2)cc1)C1CC1. The maximum Gasteiger partial charge on any atom is 0.165 e. The largest absolute Gasteiger partial charge is 0.506 e. The van der Waals surface area contributed by atoms with E-state index in [9.17, 15) is 9.90 Å². The molecule has 0 aliphatic heterocycles. The van der Waals surface area contributed by atoms with E-state index in [-0.39, 0.29) is 17.5 Å². The molecule has 0 atom stereocenters. The molecule has 2 aromatic rings. The Kier molecular flexibility index (Phi) is 2.59. The van der Waals surface area contributed by atoms with E-state index in [1.54, 1.807) is 12.3 Å². The number of pyridine rings is 1. The molecule has 3 heteroatoms. The van der Waals surface area contributed by atoms with Crippen LogP contribution in [0, 0.1) is 5.92 Å². The van der Waals surface area contributed by atoms with Crippen molar-refractivity contribution in [2.24, 2.45) is 5.92 Å². The van der Waals surface area contributed by atoms with Crippen molar-refractivity contribution in [1.29, 1.82) is 0 Å². The van der Waals surface area contributed by atoms with Gasteiger partial charge in [0.2, 0.25) is 0 Å². The topological polar surface area (TPSA) is 50.2 Å². The molecular weight excluding hydrogens is 226 g/mol. The lowest BCUT2D eigenvalue weighted by Gasteiger charge is -2.03. The van der Waals surface area contributed by atoms with Crippen LogP contribution in [0.4, 0.5) is 0 Å². The maximum absolute atomic E-state index is 11.9. The molecule has 90 valence electrons. The minimum atomic E-state index is 0.144. The van der Waals surface area contributed by atoms with Gasteiger partial charge in [-0.05, 0) is 24.5 Å². The number of carbonyl (C=O) groups excluding carboxylic acids is 1. The summed E-state index contributed by atoms with van der Waals surface area (Å²) in [5.74, 6) is 0.638. The van der Waals surface area contributed by atoms with Crippen molar-refractivity contribution in [1.82, 2.24) is 4.98 Å². The first-order valence-corrected chi connectivity index (χ1v) is 6.03. The highest BCUT2D eigenvalue weighted by Crippen LogP contribution is 2.33. The van der Waals surface area contributed by atoms with Crippen molar-refractivity contribution in [3.8, 4) is 16.9 Å². The summed E-state index contributed by atoms with van der Waals surface area (Å²) >= 11 is 0. The first-order valence-electron chi connectivity index (χ1n) is 6.03. The van der Waals surface area contributed by atoms with Gasteiger partial charge in [0.25, 0.3) is 0 Å². The van der Waals surface area contributed by atoms with Crippen LogP contribution in [0.3, 0.4) is 0 Å². The molecule has 3 nitrogen and oxygen atoms in total. The first kappa shape index (κ1) is 11.0. The second-order valence-electron chi connectivity index (χ2n) is 4.65. The molecule has 0 saturated heterocycles. The van der Waals surface area contributed by atoms with Crippen molar-refractivity contribution >= 4 is 5.78 Å². The number of Topliss-reactive ketones (excluding diaryl/α,β-unsaturated/α-hetero) is 1. The van der Waals surface area contributed by atoms with E-state index in [0.717, 1.165) is 29.5 Å². The molecule has 1 fully saturated rings. The van der Waals surface area contributed by atoms with Crippen LogP contribution < -0.4 is 0 Å². The van der Waals surface area contributed by atoms with Crippen LogP contribution in [0.2, 0.25) is 0 Å². The Hall–Kier alpha value is -2.16. The summed E-state index contributed by atoms with van der Waals surface area (Å²) in [7, 11) is 0. The minimum absolute atomic E-state index is 0.144. The van der Waals surface area contributed by atoms with Crippen molar-refractivity contribution in [2.45, 2.75) is 12.8 Å². The predicted molar refractivity (Wildman–Crippen MR) is 68.4 cm³/mol. The Morgan fingerprint density at radius 2 is 1.83 bits per heavy atom. The van der Waals surface area contributed by atoms with Gasteiger partial charge in [-0.15, -0.1) is 0 Å². The fraction of sp³-hybridized carbons (Fsp3) is 0.200. The zero-order valence-corrected chi connectivity index (χ0v) is 9.84. The third-order valence-electron chi connectivity index (χ3n) is 3.17. The lowest BCUT2D eigenvalue weighted by Crippen LogP contribution is -2.00. The summed E-state index contributed by atoms with van der Waals surface area (Å²) in [6, 6.07) is 9.14. The Morgan fingerprint density at radius 3 is 2.44 bits per heavy atom. The highest BCUT2D eigenvalue weighted by Gasteiger charge is 2.30. The third kappa shape index (κ3) is 2.12. The van der Waals surface area contributed by atoms with Crippen LogP contribution in [0.5, 0.6) is 5.75 Å². The molecule has 0 unspecified atom stereocenters. The number of aromatic nitrogens is 1. The number of carbonyl (C=O) groups is 1. The molecule has 0 spiro atoms. The highest BCUT2D eigenvalue weighted by atomic mass is 16.3. The Labute approximate surface area is 105 Å². The van der Waals surface area contributed by atoms with E-state index in [1.807, 2.05) is 24.3 Å². The zero-order valence-electron chi connectivity index (χ0n) is 9.84. The van der Waals surface area contributed by atoms with Crippen LogP contribution in [-0.2, 0) is 0 Å². The zero-order chi connectivity index (χ0) is 12.5. The quantitative estimate of drug-likeness (QED) is 0.837. The molecule has 1 aliphatic rings. The molecule has 0 bridgehead atoms. The standard InChI is InChI=1S/C15H13NO2/c17-14-7-13(8-16-9-14)10-1-3-11(4-2-10)15(18)12-5-6-12/h1-4,7-9,12,17H,5-6H2. The second kappa shape index (κ2) is 4.26. The summed E-state index contributed by atoms with van der Waals surface area (Å²) in [4.78, 5) is 15.8. The van der Waals surface area contributed by atoms with Gasteiger partial charge in [-0.2, -0.15) is 0 Å². The van der Waals surface area contributed by atoms with Crippen LogP contribution in [0.15, 0.2) is 42.7 Å². The van der Waals surface area contributed by atoms with Gasteiger partial charge >= 0.3 is 0 Å². The summed E-state index contributed by atoms with van der Waals surface area (Å²) in [5.41, 5.74) is 2.57. The molecule has 1 aromatic carbocycles. The second-order valence-corrected chi connectivity index (χ2v) is 4.65. The van der Waals surface area contributed by atoms with Gasteiger partial charge < -0.3 is 5.11 Å². The summed E-state index contributed by atoms with van der Waals surface area (Å²) in [6.45, 7) is 0.